The second-order valence-electron chi connectivity index (χ2n) is 5.55. The summed E-state index contributed by atoms with van der Waals surface area (Å²) in [6, 6.07) is 7.14. The third kappa shape index (κ3) is 4.28. The van der Waals surface area contributed by atoms with Gasteiger partial charge in [0, 0.05) is 12.4 Å². The molecule has 1 atom stereocenters. The van der Waals surface area contributed by atoms with Crippen LogP contribution in [-0.2, 0) is 0 Å². The van der Waals surface area contributed by atoms with E-state index < -0.39 is 11.8 Å². The van der Waals surface area contributed by atoms with Gasteiger partial charge in [-0.1, -0.05) is 12.1 Å². The van der Waals surface area contributed by atoms with E-state index in [1.54, 1.807) is 0 Å². The lowest BCUT2D eigenvalue weighted by atomic mass is 10.1. The molecule has 0 aliphatic heterocycles. The molecule has 2 aromatic rings. The Morgan fingerprint density at radius 1 is 1.04 bits per heavy atom. The van der Waals surface area contributed by atoms with Crippen molar-refractivity contribution in [3.8, 4) is 5.75 Å². The number of nitrogens with zero attached hydrogens (tertiary/aromatic N) is 2. The third-order valence-electron chi connectivity index (χ3n) is 3.25. The van der Waals surface area contributed by atoms with Crippen molar-refractivity contribution in [1.82, 2.24) is 15.3 Å². The molecule has 0 spiro atoms. The fraction of sp³-hybridized carbons (Fsp3) is 0.294. The molecule has 24 heavy (non-hydrogen) atoms. The van der Waals surface area contributed by atoms with E-state index in [1.165, 1.54) is 12.4 Å². The molecule has 0 aliphatic carbocycles. The second kappa shape index (κ2) is 7.54. The largest absolute Gasteiger partial charge is 0.491 e. The molecule has 1 unspecified atom stereocenters. The zero-order valence-electron chi connectivity index (χ0n) is 13.8. The van der Waals surface area contributed by atoms with Crippen molar-refractivity contribution >= 4 is 11.8 Å². The van der Waals surface area contributed by atoms with E-state index in [0.29, 0.717) is 0 Å². The Morgan fingerprint density at radius 2 is 1.62 bits per heavy atom. The summed E-state index contributed by atoms with van der Waals surface area (Å²) in [7, 11) is 0. The van der Waals surface area contributed by atoms with Crippen molar-refractivity contribution in [2.75, 3.05) is 0 Å². The number of carbonyl (C=O) groups excluding carboxylic acids is 2. The minimum atomic E-state index is -0.795. The highest BCUT2D eigenvalue weighted by atomic mass is 16.5. The molecule has 0 radical (unpaired) electrons. The van der Waals surface area contributed by atoms with Crippen LogP contribution in [0.5, 0.6) is 5.75 Å². The van der Waals surface area contributed by atoms with E-state index in [0.717, 1.165) is 11.3 Å². The number of aromatic nitrogens is 2. The van der Waals surface area contributed by atoms with E-state index >= 15 is 0 Å². The number of rotatable bonds is 6. The summed E-state index contributed by atoms with van der Waals surface area (Å²) in [5, 5.41) is 2.78. The second-order valence-corrected chi connectivity index (χ2v) is 5.55. The Hall–Kier alpha value is -2.96. The number of primary amides is 1. The van der Waals surface area contributed by atoms with Crippen LogP contribution in [0.4, 0.5) is 0 Å². The molecule has 0 fully saturated rings. The highest BCUT2D eigenvalue weighted by molar-refractivity contribution is 6.04. The van der Waals surface area contributed by atoms with Gasteiger partial charge in [0.25, 0.3) is 11.8 Å². The van der Waals surface area contributed by atoms with Crippen LogP contribution in [0.3, 0.4) is 0 Å². The lowest BCUT2D eigenvalue weighted by molar-refractivity contribution is 0.0917. The van der Waals surface area contributed by atoms with E-state index in [1.807, 2.05) is 45.0 Å². The first-order chi connectivity index (χ1) is 11.4. The predicted octanol–water partition coefficient (Wildman–Crippen LogP) is 1.85. The molecule has 0 aliphatic rings. The molecule has 7 nitrogen and oxygen atoms in total. The van der Waals surface area contributed by atoms with Crippen LogP contribution in [0.1, 0.15) is 53.4 Å². The fourth-order valence-corrected chi connectivity index (χ4v) is 2.14. The quantitative estimate of drug-likeness (QED) is 0.841. The number of hydrogen-bond donors (Lipinski definition) is 2. The molecule has 0 saturated carbocycles. The molecular weight excluding hydrogens is 308 g/mol. The summed E-state index contributed by atoms with van der Waals surface area (Å²) < 4.78 is 5.58. The standard InChI is InChI=1S/C17H20N4O3/c1-10(2)24-13-6-4-12(5-7-13)11(3)21-17(23)15-14(16(18)22)19-8-9-20-15/h4-11H,1-3H3,(H2,18,22)(H,21,23). The van der Waals surface area contributed by atoms with Crippen molar-refractivity contribution in [3.05, 3.63) is 53.6 Å². The third-order valence-corrected chi connectivity index (χ3v) is 3.25. The van der Waals surface area contributed by atoms with Crippen molar-refractivity contribution in [3.63, 3.8) is 0 Å². The maximum absolute atomic E-state index is 12.3. The number of benzene rings is 1. The number of nitrogens with one attached hydrogen (secondary N) is 1. The van der Waals surface area contributed by atoms with Crippen LogP contribution < -0.4 is 15.8 Å². The zero-order valence-corrected chi connectivity index (χ0v) is 13.8. The molecule has 2 amide bonds. The number of carbonyl (C=O) groups is 2. The van der Waals surface area contributed by atoms with Gasteiger partial charge in [0.05, 0.1) is 12.1 Å². The van der Waals surface area contributed by atoms with E-state index in [9.17, 15) is 9.59 Å². The number of ether oxygens (including phenoxy) is 1. The molecule has 0 saturated heterocycles. The molecule has 1 aromatic heterocycles. The molecule has 1 aromatic carbocycles. The Bertz CT molecular complexity index is 729. The molecule has 1 heterocycles. The highest BCUT2D eigenvalue weighted by Crippen LogP contribution is 2.19. The lowest BCUT2D eigenvalue weighted by Gasteiger charge is -2.16. The van der Waals surface area contributed by atoms with E-state index in [4.69, 9.17) is 10.5 Å². The zero-order chi connectivity index (χ0) is 17.7. The minimum Gasteiger partial charge on any atom is -0.491 e. The minimum absolute atomic E-state index is 0.0865. The van der Waals surface area contributed by atoms with Gasteiger partial charge in [-0.3, -0.25) is 9.59 Å². The Labute approximate surface area is 140 Å². The lowest BCUT2D eigenvalue weighted by Crippen LogP contribution is -2.30. The van der Waals surface area contributed by atoms with Crippen molar-refractivity contribution in [2.24, 2.45) is 5.73 Å². The van der Waals surface area contributed by atoms with Gasteiger partial charge in [-0.05, 0) is 38.5 Å². The van der Waals surface area contributed by atoms with Crippen LogP contribution in [-0.4, -0.2) is 27.9 Å². The van der Waals surface area contributed by atoms with Crippen LogP contribution in [0.25, 0.3) is 0 Å². The maximum Gasteiger partial charge on any atom is 0.272 e. The van der Waals surface area contributed by atoms with Crippen molar-refractivity contribution in [2.45, 2.75) is 32.9 Å². The molecule has 126 valence electrons. The maximum atomic E-state index is 12.3. The van der Waals surface area contributed by atoms with E-state index in [-0.39, 0.29) is 23.5 Å². The fourth-order valence-electron chi connectivity index (χ4n) is 2.14. The van der Waals surface area contributed by atoms with Crippen LogP contribution in [0.15, 0.2) is 36.7 Å². The number of amides is 2. The normalized spacial score (nSPS) is 11.8. The van der Waals surface area contributed by atoms with Gasteiger partial charge < -0.3 is 15.8 Å². The van der Waals surface area contributed by atoms with Crippen LogP contribution in [0.2, 0.25) is 0 Å². The Balaban J connectivity index is 2.10. The van der Waals surface area contributed by atoms with Crippen LogP contribution in [0, 0.1) is 0 Å². The Morgan fingerprint density at radius 3 is 2.17 bits per heavy atom. The van der Waals surface area contributed by atoms with Gasteiger partial charge in [-0.2, -0.15) is 0 Å². The topological polar surface area (TPSA) is 107 Å². The summed E-state index contributed by atoms with van der Waals surface area (Å²) in [5.41, 5.74) is 5.87. The smallest absolute Gasteiger partial charge is 0.272 e. The average molecular weight is 328 g/mol. The predicted molar refractivity (Wildman–Crippen MR) is 88.6 cm³/mol. The average Bonchev–Trinajstić information content (AvgIpc) is 2.54. The van der Waals surface area contributed by atoms with Gasteiger partial charge in [-0.25, -0.2) is 9.97 Å². The molecule has 2 rings (SSSR count). The summed E-state index contributed by atoms with van der Waals surface area (Å²) in [6.45, 7) is 5.73. The number of nitrogens with two attached hydrogens (primary N) is 1. The first kappa shape index (κ1) is 17.4. The monoisotopic (exact) mass is 328 g/mol. The van der Waals surface area contributed by atoms with Gasteiger partial charge >= 0.3 is 0 Å². The summed E-state index contributed by atoms with van der Waals surface area (Å²) in [4.78, 5) is 31.4. The summed E-state index contributed by atoms with van der Waals surface area (Å²) in [5.74, 6) is -0.541. The van der Waals surface area contributed by atoms with Gasteiger partial charge in [0.15, 0.2) is 11.4 Å². The molecule has 0 bridgehead atoms. The van der Waals surface area contributed by atoms with Crippen LogP contribution >= 0.6 is 0 Å². The first-order valence-electron chi connectivity index (χ1n) is 7.56. The molecule has 3 N–H and O–H groups in total. The van der Waals surface area contributed by atoms with Gasteiger partial charge in [0.1, 0.15) is 5.75 Å². The number of hydrogen-bond acceptors (Lipinski definition) is 5. The summed E-state index contributed by atoms with van der Waals surface area (Å²) >= 11 is 0. The molecular formula is C17H20N4O3. The van der Waals surface area contributed by atoms with E-state index in [2.05, 4.69) is 15.3 Å². The SMILES string of the molecule is CC(C)Oc1ccc(C(C)NC(=O)c2nccnc2C(N)=O)cc1. The van der Waals surface area contributed by atoms with Crippen molar-refractivity contribution < 1.29 is 14.3 Å². The first-order valence-corrected chi connectivity index (χ1v) is 7.56. The molecule has 7 heteroatoms. The van der Waals surface area contributed by atoms with Gasteiger partial charge in [0.2, 0.25) is 0 Å². The highest BCUT2D eigenvalue weighted by Gasteiger charge is 2.20. The Kier molecular flexibility index (Phi) is 5.47. The van der Waals surface area contributed by atoms with Crippen molar-refractivity contribution in [1.29, 1.82) is 0 Å². The summed E-state index contributed by atoms with van der Waals surface area (Å²) in [6.07, 6.45) is 2.74. The van der Waals surface area contributed by atoms with Gasteiger partial charge in [-0.15, -0.1) is 0 Å².